The summed E-state index contributed by atoms with van der Waals surface area (Å²) in [7, 11) is 2.05. The van der Waals surface area contributed by atoms with Crippen molar-refractivity contribution in [2.45, 2.75) is 17.5 Å². The summed E-state index contributed by atoms with van der Waals surface area (Å²) in [5.74, 6) is -0.675. The predicted molar refractivity (Wildman–Crippen MR) is 62.2 cm³/mol. The number of likely N-dealkylation sites (tertiary alicyclic amines) is 1. The van der Waals surface area contributed by atoms with Gasteiger partial charge in [0.2, 0.25) is 0 Å². The molecule has 1 fully saturated rings. The van der Waals surface area contributed by atoms with E-state index in [1.807, 2.05) is 13.3 Å². The molecule has 1 aromatic heterocycles. The number of H-pyrrole nitrogens is 1. The van der Waals surface area contributed by atoms with Crippen LogP contribution >= 0.6 is 11.8 Å². The van der Waals surface area contributed by atoms with Crippen LogP contribution in [0.25, 0.3) is 0 Å². The molecule has 0 spiro atoms. The molecule has 16 heavy (non-hydrogen) atoms. The van der Waals surface area contributed by atoms with Gasteiger partial charge in [-0.2, -0.15) is 0 Å². The molecular formula is C10H15N3O2S. The molecule has 2 heterocycles. The van der Waals surface area contributed by atoms with Gasteiger partial charge in [0.25, 0.3) is 0 Å². The molecule has 1 atom stereocenters. The quantitative estimate of drug-likeness (QED) is 0.779. The van der Waals surface area contributed by atoms with E-state index in [4.69, 9.17) is 5.11 Å². The van der Waals surface area contributed by atoms with E-state index in [1.54, 1.807) is 0 Å². The summed E-state index contributed by atoms with van der Waals surface area (Å²) in [6.45, 7) is 1.91. The predicted octanol–water partition coefficient (Wildman–Crippen LogP) is 1.25. The van der Waals surface area contributed by atoms with Gasteiger partial charge in [0, 0.05) is 12.5 Å². The first-order chi connectivity index (χ1) is 7.61. The van der Waals surface area contributed by atoms with Crippen molar-refractivity contribution in [3.05, 3.63) is 11.4 Å². The topological polar surface area (TPSA) is 69.2 Å². The summed E-state index contributed by atoms with van der Waals surface area (Å²) >= 11 is 1.44. The minimum absolute atomic E-state index is 0.185. The first kappa shape index (κ1) is 11.5. The number of likely N-dealkylation sites (N-methyl/N-ethyl adjacent to an activating group) is 1. The molecule has 1 unspecified atom stereocenters. The fraction of sp³-hybridized carbons (Fsp3) is 0.600. The Hall–Kier alpha value is -1.01. The average molecular weight is 241 g/mol. The standard InChI is InChI=1S/C10H15N3O2S/c1-13-4-3-6(5-13)7-8(9(14)15)12-10(11-7)16-2/h6H,3-5H2,1-2H3,(H,11,12)(H,14,15). The molecular weight excluding hydrogens is 226 g/mol. The number of imidazole rings is 1. The molecule has 5 nitrogen and oxygen atoms in total. The highest BCUT2D eigenvalue weighted by atomic mass is 32.2. The van der Waals surface area contributed by atoms with E-state index in [9.17, 15) is 4.79 Å². The summed E-state index contributed by atoms with van der Waals surface area (Å²) in [5.41, 5.74) is 0.964. The van der Waals surface area contributed by atoms with E-state index < -0.39 is 5.97 Å². The number of aromatic carboxylic acids is 1. The van der Waals surface area contributed by atoms with E-state index >= 15 is 0 Å². The van der Waals surface area contributed by atoms with Gasteiger partial charge < -0.3 is 15.0 Å². The largest absolute Gasteiger partial charge is 0.476 e. The van der Waals surface area contributed by atoms with Crippen molar-refractivity contribution in [2.75, 3.05) is 26.4 Å². The Labute approximate surface area is 98.2 Å². The number of aromatic amines is 1. The summed E-state index contributed by atoms with van der Waals surface area (Å²) in [5, 5.41) is 9.78. The number of thioether (sulfide) groups is 1. The molecule has 1 aromatic rings. The second-order valence-corrected chi connectivity index (χ2v) is 4.86. The number of rotatable bonds is 3. The van der Waals surface area contributed by atoms with Gasteiger partial charge in [0.15, 0.2) is 10.9 Å². The first-order valence-corrected chi connectivity index (χ1v) is 6.40. The van der Waals surface area contributed by atoms with Gasteiger partial charge in [-0.15, -0.1) is 0 Å². The lowest BCUT2D eigenvalue weighted by Crippen LogP contribution is -2.14. The number of carboxylic acids is 1. The zero-order valence-corrected chi connectivity index (χ0v) is 10.2. The minimum atomic E-state index is -0.943. The Morgan fingerprint density at radius 3 is 2.94 bits per heavy atom. The van der Waals surface area contributed by atoms with Gasteiger partial charge in [-0.25, -0.2) is 9.78 Å². The molecule has 88 valence electrons. The van der Waals surface area contributed by atoms with Crippen LogP contribution in [0.2, 0.25) is 0 Å². The van der Waals surface area contributed by atoms with E-state index in [1.165, 1.54) is 11.8 Å². The van der Waals surface area contributed by atoms with Crippen molar-refractivity contribution in [3.8, 4) is 0 Å². The molecule has 0 aliphatic carbocycles. The van der Waals surface area contributed by atoms with E-state index in [-0.39, 0.29) is 11.6 Å². The van der Waals surface area contributed by atoms with Gasteiger partial charge in [-0.1, -0.05) is 11.8 Å². The smallest absolute Gasteiger partial charge is 0.356 e. The molecule has 6 heteroatoms. The number of hydrogen-bond donors (Lipinski definition) is 2. The maximum atomic E-state index is 11.1. The Morgan fingerprint density at radius 1 is 1.69 bits per heavy atom. The SMILES string of the molecule is CSc1nc(C(=O)O)c(C2CCN(C)C2)[nH]1. The fourth-order valence-corrected chi connectivity index (χ4v) is 2.48. The summed E-state index contributed by atoms with van der Waals surface area (Å²) in [6.07, 6.45) is 2.88. The van der Waals surface area contributed by atoms with Crippen LogP contribution in [0.5, 0.6) is 0 Å². The third-order valence-electron chi connectivity index (χ3n) is 2.91. The molecule has 0 radical (unpaired) electrons. The van der Waals surface area contributed by atoms with Crippen LogP contribution in [-0.2, 0) is 0 Å². The molecule has 1 aliphatic rings. The summed E-state index contributed by atoms with van der Waals surface area (Å²) < 4.78 is 0. The Morgan fingerprint density at radius 2 is 2.44 bits per heavy atom. The molecule has 0 amide bonds. The maximum absolute atomic E-state index is 11.1. The zero-order chi connectivity index (χ0) is 11.7. The van der Waals surface area contributed by atoms with Gasteiger partial charge in [-0.3, -0.25) is 0 Å². The lowest BCUT2D eigenvalue weighted by molar-refractivity contribution is 0.0689. The minimum Gasteiger partial charge on any atom is -0.476 e. The van der Waals surface area contributed by atoms with Crippen molar-refractivity contribution in [3.63, 3.8) is 0 Å². The molecule has 1 aliphatic heterocycles. The number of hydrogen-bond acceptors (Lipinski definition) is 4. The molecule has 2 rings (SSSR count). The third-order valence-corrected chi connectivity index (χ3v) is 3.49. The van der Waals surface area contributed by atoms with Gasteiger partial charge in [-0.05, 0) is 26.3 Å². The van der Waals surface area contributed by atoms with Crippen molar-refractivity contribution >= 4 is 17.7 Å². The molecule has 2 N–H and O–H groups in total. The van der Waals surface area contributed by atoms with Crippen molar-refractivity contribution in [1.29, 1.82) is 0 Å². The van der Waals surface area contributed by atoms with E-state index in [0.717, 1.165) is 25.2 Å². The van der Waals surface area contributed by atoms with Crippen LogP contribution in [0.1, 0.15) is 28.5 Å². The highest BCUT2D eigenvalue weighted by molar-refractivity contribution is 7.98. The van der Waals surface area contributed by atoms with Crippen LogP contribution in [0.4, 0.5) is 0 Å². The molecule has 0 bridgehead atoms. The lowest BCUT2D eigenvalue weighted by Gasteiger charge is -2.08. The number of aromatic nitrogens is 2. The monoisotopic (exact) mass is 241 g/mol. The van der Waals surface area contributed by atoms with Crippen LogP contribution in [-0.4, -0.2) is 52.3 Å². The van der Waals surface area contributed by atoms with Crippen molar-refractivity contribution < 1.29 is 9.90 Å². The highest BCUT2D eigenvalue weighted by Gasteiger charge is 2.28. The Kier molecular flexibility index (Phi) is 3.20. The number of carbonyl (C=O) groups is 1. The van der Waals surface area contributed by atoms with E-state index in [2.05, 4.69) is 14.9 Å². The molecule has 0 aromatic carbocycles. The third kappa shape index (κ3) is 2.08. The number of nitrogens with zero attached hydrogens (tertiary/aromatic N) is 2. The highest BCUT2D eigenvalue weighted by Crippen LogP contribution is 2.29. The number of nitrogens with one attached hydrogen (secondary N) is 1. The van der Waals surface area contributed by atoms with Gasteiger partial charge in [0.1, 0.15) is 0 Å². The van der Waals surface area contributed by atoms with Crippen molar-refractivity contribution in [2.24, 2.45) is 0 Å². The summed E-state index contributed by atoms with van der Waals surface area (Å²) in [6, 6.07) is 0. The van der Waals surface area contributed by atoms with Gasteiger partial charge in [0.05, 0.1) is 5.69 Å². The summed E-state index contributed by atoms with van der Waals surface area (Å²) in [4.78, 5) is 20.5. The van der Waals surface area contributed by atoms with Crippen LogP contribution in [0, 0.1) is 0 Å². The zero-order valence-electron chi connectivity index (χ0n) is 9.36. The second-order valence-electron chi connectivity index (χ2n) is 4.06. The Bertz CT molecular complexity index is 405. The van der Waals surface area contributed by atoms with Crippen LogP contribution < -0.4 is 0 Å². The van der Waals surface area contributed by atoms with Gasteiger partial charge >= 0.3 is 5.97 Å². The fourth-order valence-electron chi connectivity index (χ4n) is 2.09. The Balaban J connectivity index is 2.31. The van der Waals surface area contributed by atoms with Crippen LogP contribution in [0.3, 0.4) is 0 Å². The maximum Gasteiger partial charge on any atom is 0.356 e. The van der Waals surface area contributed by atoms with Crippen molar-refractivity contribution in [1.82, 2.24) is 14.9 Å². The second kappa shape index (κ2) is 4.47. The van der Waals surface area contributed by atoms with Crippen LogP contribution in [0.15, 0.2) is 5.16 Å². The normalized spacial score (nSPS) is 21.5. The molecule has 0 saturated carbocycles. The van der Waals surface area contributed by atoms with E-state index in [0.29, 0.717) is 5.16 Å². The average Bonchev–Trinajstić information content (AvgIpc) is 2.82. The number of carboxylic acid groups (broad SMARTS) is 1. The lowest BCUT2D eigenvalue weighted by atomic mass is 10.0. The molecule has 1 saturated heterocycles. The first-order valence-electron chi connectivity index (χ1n) is 5.17.